The van der Waals surface area contributed by atoms with Crippen molar-refractivity contribution in [3.05, 3.63) is 210 Å². The second-order valence-electron chi connectivity index (χ2n) is 14.6. The minimum Gasteiger partial charge on any atom is -0.455 e. The summed E-state index contributed by atoms with van der Waals surface area (Å²) in [6, 6.07) is 65.3. The van der Waals surface area contributed by atoms with E-state index in [1.54, 1.807) is 0 Å². The van der Waals surface area contributed by atoms with Gasteiger partial charge >= 0.3 is 0 Å². The third-order valence-electron chi connectivity index (χ3n) is 11.6. The number of furan rings is 2. The second kappa shape index (κ2) is 12.2. The first-order valence-corrected chi connectivity index (χ1v) is 19.2. The van der Waals surface area contributed by atoms with E-state index in [1.165, 1.54) is 0 Å². The maximum atomic E-state index is 7.12. The molecule has 3 aromatic heterocycles. The van der Waals surface area contributed by atoms with Crippen molar-refractivity contribution in [1.82, 2.24) is 15.0 Å². The summed E-state index contributed by atoms with van der Waals surface area (Å²) in [7, 11) is 0. The highest BCUT2D eigenvalue weighted by Gasteiger charge is 2.49. The number of rotatable bonds is 5. The Balaban J connectivity index is 1.29. The van der Waals surface area contributed by atoms with Crippen molar-refractivity contribution in [1.29, 1.82) is 0 Å². The van der Waals surface area contributed by atoms with Crippen molar-refractivity contribution in [2.45, 2.75) is 5.41 Å². The molecule has 1 aliphatic carbocycles. The fourth-order valence-corrected chi connectivity index (χ4v) is 9.21. The van der Waals surface area contributed by atoms with Crippen LogP contribution in [0.2, 0.25) is 0 Å². The molecule has 5 heteroatoms. The topological polar surface area (TPSA) is 65.0 Å². The largest absolute Gasteiger partial charge is 0.455 e. The molecule has 266 valence electrons. The van der Waals surface area contributed by atoms with Crippen LogP contribution in [0.4, 0.5) is 0 Å². The van der Waals surface area contributed by atoms with Gasteiger partial charge in [0.1, 0.15) is 22.3 Å². The Morgan fingerprint density at radius 3 is 1.46 bits per heavy atom. The van der Waals surface area contributed by atoms with Gasteiger partial charge in [0.25, 0.3) is 0 Å². The number of nitrogens with zero attached hydrogens (tertiary/aromatic N) is 3. The highest BCUT2D eigenvalue weighted by Crippen LogP contribution is 2.61. The molecule has 0 aliphatic heterocycles. The van der Waals surface area contributed by atoms with Crippen LogP contribution < -0.4 is 0 Å². The fraction of sp³-hybridized carbons (Fsp3) is 0.0192. The van der Waals surface area contributed by atoms with Crippen molar-refractivity contribution < 1.29 is 8.83 Å². The van der Waals surface area contributed by atoms with Crippen LogP contribution in [0.15, 0.2) is 197 Å². The molecule has 0 atom stereocenters. The summed E-state index contributed by atoms with van der Waals surface area (Å²) in [5.74, 6) is 1.78. The average molecular weight is 730 g/mol. The summed E-state index contributed by atoms with van der Waals surface area (Å²) < 4.78 is 14.0. The lowest BCUT2D eigenvalue weighted by Gasteiger charge is -2.34. The third-order valence-corrected chi connectivity index (χ3v) is 11.6. The van der Waals surface area contributed by atoms with Crippen LogP contribution in [0, 0.1) is 0 Å². The molecule has 11 aromatic rings. The van der Waals surface area contributed by atoms with Crippen LogP contribution in [0.25, 0.3) is 89.2 Å². The minimum atomic E-state index is -0.750. The molecule has 0 fully saturated rings. The Morgan fingerprint density at radius 2 is 0.842 bits per heavy atom. The Hall–Kier alpha value is -7.63. The second-order valence-corrected chi connectivity index (χ2v) is 14.6. The van der Waals surface area contributed by atoms with Crippen LogP contribution in [0.3, 0.4) is 0 Å². The SMILES string of the molecule is c1ccc(-c2nc(-c3ccccc3)nc(-c3cc4c(c5oc6ccccc6c35)-c3c(ccc5c3oc3ccccc35)C4(c3ccccc3)c3ccccc3)n2)cc1. The Labute approximate surface area is 327 Å². The Morgan fingerprint density at radius 1 is 0.368 bits per heavy atom. The first kappa shape index (κ1) is 31.7. The number of hydrogen-bond donors (Lipinski definition) is 0. The Kier molecular flexibility index (Phi) is 6.78. The summed E-state index contributed by atoms with van der Waals surface area (Å²) in [6.07, 6.45) is 0. The molecule has 0 unspecified atom stereocenters. The van der Waals surface area contributed by atoms with E-state index in [2.05, 4.69) is 109 Å². The zero-order valence-electron chi connectivity index (χ0n) is 30.6. The molecule has 0 radical (unpaired) electrons. The third kappa shape index (κ3) is 4.54. The van der Waals surface area contributed by atoms with Crippen LogP contribution in [0.1, 0.15) is 22.3 Å². The van der Waals surface area contributed by atoms with E-state index in [0.717, 1.165) is 93.9 Å². The van der Waals surface area contributed by atoms with Gasteiger partial charge in [-0.1, -0.05) is 170 Å². The summed E-state index contributed by atoms with van der Waals surface area (Å²) in [5, 5.41) is 4.09. The van der Waals surface area contributed by atoms with E-state index in [1.807, 2.05) is 78.9 Å². The molecule has 0 amide bonds. The smallest absolute Gasteiger partial charge is 0.164 e. The van der Waals surface area contributed by atoms with Crippen LogP contribution in [-0.2, 0) is 5.41 Å². The summed E-state index contributed by atoms with van der Waals surface area (Å²) in [4.78, 5) is 15.7. The van der Waals surface area contributed by atoms with Crippen molar-refractivity contribution >= 4 is 43.9 Å². The van der Waals surface area contributed by atoms with E-state index < -0.39 is 5.41 Å². The predicted molar refractivity (Wildman–Crippen MR) is 228 cm³/mol. The monoisotopic (exact) mass is 729 g/mol. The molecular formula is C52H31N3O2. The molecule has 0 saturated carbocycles. The van der Waals surface area contributed by atoms with E-state index in [0.29, 0.717) is 17.5 Å². The van der Waals surface area contributed by atoms with Crippen molar-refractivity contribution in [2.24, 2.45) is 0 Å². The molecule has 8 aromatic carbocycles. The van der Waals surface area contributed by atoms with Crippen LogP contribution >= 0.6 is 0 Å². The van der Waals surface area contributed by atoms with Gasteiger partial charge < -0.3 is 8.83 Å². The molecule has 0 spiro atoms. The maximum Gasteiger partial charge on any atom is 0.164 e. The van der Waals surface area contributed by atoms with E-state index in [4.69, 9.17) is 23.8 Å². The lowest BCUT2D eigenvalue weighted by molar-refractivity contribution is 0.665. The van der Waals surface area contributed by atoms with Crippen molar-refractivity contribution in [2.75, 3.05) is 0 Å². The maximum absolute atomic E-state index is 7.12. The molecule has 5 nitrogen and oxygen atoms in total. The van der Waals surface area contributed by atoms with Gasteiger partial charge in [-0.05, 0) is 40.5 Å². The van der Waals surface area contributed by atoms with Gasteiger partial charge in [-0.25, -0.2) is 15.0 Å². The highest BCUT2D eigenvalue weighted by molar-refractivity contribution is 6.21. The molecule has 0 saturated heterocycles. The van der Waals surface area contributed by atoms with Gasteiger partial charge in [0.15, 0.2) is 17.5 Å². The minimum absolute atomic E-state index is 0.571. The van der Waals surface area contributed by atoms with E-state index in [9.17, 15) is 0 Å². The predicted octanol–water partition coefficient (Wildman–Crippen LogP) is 13.0. The summed E-state index contributed by atoms with van der Waals surface area (Å²) in [5.41, 5.74) is 11.7. The van der Waals surface area contributed by atoms with Crippen molar-refractivity contribution in [3.8, 4) is 45.3 Å². The number of hydrogen-bond acceptors (Lipinski definition) is 5. The number of fused-ring (bicyclic) bond motifs is 11. The molecule has 57 heavy (non-hydrogen) atoms. The highest BCUT2D eigenvalue weighted by atomic mass is 16.3. The molecule has 0 bridgehead atoms. The zero-order chi connectivity index (χ0) is 37.5. The average Bonchev–Trinajstić information content (AvgIpc) is 3.96. The molecular weight excluding hydrogens is 699 g/mol. The standard InChI is InChI=1S/C52H31N3O2/c1-5-17-32(18-6-1)49-53-50(33-19-7-2-8-20-33)55-51(54-49)39-31-41-46(48-44(39)38-26-14-16-28-43(38)57-48)45-40(30-29-37-36-25-13-15-27-42(36)56-47(37)45)52(41,34-21-9-3-10-22-34)35-23-11-4-12-24-35/h1-31H. The van der Waals surface area contributed by atoms with E-state index >= 15 is 0 Å². The lowest BCUT2D eigenvalue weighted by Crippen LogP contribution is -2.28. The van der Waals surface area contributed by atoms with Gasteiger partial charge in [-0.3, -0.25) is 0 Å². The quantitative estimate of drug-likeness (QED) is 0.176. The van der Waals surface area contributed by atoms with Gasteiger partial charge in [-0.15, -0.1) is 0 Å². The van der Waals surface area contributed by atoms with Gasteiger partial charge in [-0.2, -0.15) is 0 Å². The van der Waals surface area contributed by atoms with Crippen molar-refractivity contribution in [3.63, 3.8) is 0 Å². The number of aromatic nitrogens is 3. The van der Waals surface area contributed by atoms with Gasteiger partial charge in [0, 0.05) is 49.4 Å². The first-order valence-electron chi connectivity index (χ1n) is 19.2. The lowest BCUT2D eigenvalue weighted by atomic mass is 9.67. The fourth-order valence-electron chi connectivity index (χ4n) is 9.21. The number of para-hydroxylation sites is 2. The molecule has 3 heterocycles. The normalized spacial score (nSPS) is 13.1. The number of benzene rings is 8. The molecule has 0 N–H and O–H groups in total. The van der Waals surface area contributed by atoms with Crippen LogP contribution in [-0.4, -0.2) is 15.0 Å². The first-order chi connectivity index (χ1) is 28.3. The molecule has 12 rings (SSSR count). The Bertz CT molecular complexity index is 3240. The zero-order valence-corrected chi connectivity index (χ0v) is 30.6. The van der Waals surface area contributed by atoms with Gasteiger partial charge in [0.05, 0.1) is 5.41 Å². The van der Waals surface area contributed by atoms with Crippen LogP contribution in [0.5, 0.6) is 0 Å². The van der Waals surface area contributed by atoms with Gasteiger partial charge in [0.2, 0.25) is 0 Å². The summed E-state index contributed by atoms with van der Waals surface area (Å²) >= 11 is 0. The van der Waals surface area contributed by atoms with E-state index in [-0.39, 0.29) is 0 Å². The molecule has 1 aliphatic rings. The summed E-state index contributed by atoms with van der Waals surface area (Å²) in [6.45, 7) is 0.